The van der Waals surface area contributed by atoms with Crippen molar-refractivity contribution in [2.24, 2.45) is 11.8 Å². The van der Waals surface area contributed by atoms with Crippen LogP contribution in [0.25, 0.3) is 0 Å². The van der Waals surface area contributed by atoms with Crippen molar-refractivity contribution in [3.8, 4) is 0 Å². The lowest BCUT2D eigenvalue weighted by Crippen LogP contribution is -2.52. The Bertz CT molecular complexity index is 859. The van der Waals surface area contributed by atoms with Crippen LogP contribution in [-0.2, 0) is 23.8 Å². The summed E-state index contributed by atoms with van der Waals surface area (Å²) < 4.78 is 17.2. The number of rotatable bonds is 46. The standard InChI is InChI=1S/C51H100N2O6/c1-5-9-13-17-19-25-33-47(31-23-15-11-7-3)43-58-50(55)35-27-21-29-37-52(39-40-53(41-42-54)49-45-57-46-49)38-30-22-28-36-51(56)59-44-48(32-24-16-12-8-4)34-26-20-18-14-10-6-2/h47-49,54H,5-46H2,1-4H3. The van der Waals surface area contributed by atoms with Gasteiger partial charge in [0.05, 0.1) is 39.1 Å². The highest BCUT2D eigenvalue weighted by molar-refractivity contribution is 5.69. The summed E-state index contributed by atoms with van der Waals surface area (Å²) in [6.45, 7) is 16.5. The molecule has 59 heavy (non-hydrogen) atoms. The van der Waals surface area contributed by atoms with Crippen molar-refractivity contribution >= 4 is 11.9 Å². The molecule has 1 heterocycles. The van der Waals surface area contributed by atoms with Gasteiger partial charge in [0.25, 0.3) is 0 Å². The van der Waals surface area contributed by atoms with E-state index in [-0.39, 0.29) is 18.5 Å². The molecule has 1 saturated heterocycles. The number of aliphatic hydroxyl groups is 1. The summed E-state index contributed by atoms with van der Waals surface area (Å²) in [6.07, 6.45) is 37.6. The predicted octanol–water partition coefficient (Wildman–Crippen LogP) is 12.9. The van der Waals surface area contributed by atoms with Gasteiger partial charge in [0.2, 0.25) is 0 Å². The Morgan fingerprint density at radius 2 is 0.864 bits per heavy atom. The molecule has 1 fully saturated rings. The maximum absolute atomic E-state index is 12.8. The van der Waals surface area contributed by atoms with Gasteiger partial charge in [0.15, 0.2) is 0 Å². The number of nitrogens with zero attached hydrogens (tertiary/aromatic N) is 2. The fourth-order valence-corrected chi connectivity index (χ4v) is 8.54. The van der Waals surface area contributed by atoms with Crippen molar-refractivity contribution in [1.82, 2.24) is 9.80 Å². The molecule has 0 spiro atoms. The van der Waals surface area contributed by atoms with Gasteiger partial charge in [-0.15, -0.1) is 0 Å². The van der Waals surface area contributed by atoms with Crippen LogP contribution in [0.2, 0.25) is 0 Å². The minimum Gasteiger partial charge on any atom is -0.465 e. The third-order valence-corrected chi connectivity index (χ3v) is 12.8. The van der Waals surface area contributed by atoms with Crippen LogP contribution in [0, 0.1) is 11.8 Å². The zero-order chi connectivity index (χ0) is 42.9. The Balaban J connectivity index is 2.47. The highest BCUT2D eigenvalue weighted by Crippen LogP contribution is 2.22. The highest BCUT2D eigenvalue weighted by Gasteiger charge is 2.25. The van der Waals surface area contributed by atoms with Crippen LogP contribution in [-0.4, -0.2) is 98.6 Å². The predicted molar refractivity (Wildman–Crippen MR) is 249 cm³/mol. The van der Waals surface area contributed by atoms with Crippen LogP contribution in [0.3, 0.4) is 0 Å². The maximum atomic E-state index is 12.8. The van der Waals surface area contributed by atoms with E-state index in [4.69, 9.17) is 14.2 Å². The van der Waals surface area contributed by atoms with E-state index in [2.05, 4.69) is 37.5 Å². The monoisotopic (exact) mass is 837 g/mol. The number of carbonyl (C=O) groups excluding carboxylic acids is 2. The van der Waals surface area contributed by atoms with Crippen LogP contribution in [0.5, 0.6) is 0 Å². The number of unbranched alkanes of at least 4 members (excludes halogenated alkanes) is 20. The van der Waals surface area contributed by atoms with Gasteiger partial charge in [-0.2, -0.15) is 0 Å². The molecule has 8 heteroatoms. The zero-order valence-electron chi connectivity index (χ0n) is 39.8. The molecule has 0 amide bonds. The Labute approximate surface area is 366 Å². The van der Waals surface area contributed by atoms with Gasteiger partial charge in [-0.1, -0.05) is 169 Å². The van der Waals surface area contributed by atoms with E-state index in [0.717, 1.165) is 77.9 Å². The molecule has 2 atom stereocenters. The average molecular weight is 837 g/mol. The molecule has 2 unspecified atom stereocenters. The summed E-state index contributed by atoms with van der Waals surface area (Å²) in [4.78, 5) is 30.5. The lowest BCUT2D eigenvalue weighted by molar-refractivity contribution is -0.146. The number of ether oxygens (including phenoxy) is 3. The van der Waals surface area contributed by atoms with Gasteiger partial charge in [0, 0.05) is 32.5 Å². The smallest absolute Gasteiger partial charge is 0.305 e. The number of esters is 2. The fourth-order valence-electron chi connectivity index (χ4n) is 8.54. The summed E-state index contributed by atoms with van der Waals surface area (Å²) in [7, 11) is 0. The van der Waals surface area contributed by atoms with E-state index < -0.39 is 0 Å². The summed E-state index contributed by atoms with van der Waals surface area (Å²) >= 11 is 0. The van der Waals surface area contributed by atoms with Crippen molar-refractivity contribution < 1.29 is 28.9 Å². The molecule has 1 aliphatic rings. The molecule has 0 radical (unpaired) electrons. The number of aliphatic hydroxyl groups excluding tert-OH is 1. The molecule has 0 aromatic carbocycles. The van der Waals surface area contributed by atoms with Crippen molar-refractivity contribution in [3.63, 3.8) is 0 Å². The van der Waals surface area contributed by atoms with Gasteiger partial charge in [-0.25, -0.2) is 0 Å². The van der Waals surface area contributed by atoms with Crippen molar-refractivity contribution in [2.45, 2.75) is 239 Å². The van der Waals surface area contributed by atoms with Crippen LogP contribution in [0.1, 0.15) is 233 Å². The third-order valence-electron chi connectivity index (χ3n) is 12.8. The molecule has 0 aromatic heterocycles. The van der Waals surface area contributed by atoms with E-state index in [1.54, 1.807) is 0 Å². The van der Waals surface area contributed by atoms with Crippen molar-refractivity contribution in [1.29, 1.82) is 0 Å². The minimum absolute atomic E-state index is 0.0236. The van der Waals surface area contributed by atoms with Gasteiger partial charge < -0.3 is 24.2 Å². The molecule has 1 N–H and O–H groups in total. The van der Waals surface area contributed by atoms with E-state index >= 15 is 0 Å². The van der Waals surface area contributed by atoms with Crippen LogP contribution >= 0.6 is 0 Å². The topological polar surface area (TPSA) is 88.5 Å². The maximum Gasteiger partial charge on any atom is 0.305 e. The number of carbonyl (C=O) groups is 2. The second-order valence-electron chi connectivity index (χ2n) is 18.3. The molecular formula is C51H100N2O6. The minimum atomic E-state index is -0.0236. The second-order valence-corrected chi connectivity index (χ2v) is 18.3. The largest absolute Gasteiger partial charge is 0.465 e. The van der Waals surface area contributed by atoms with Crippen molar-refractivity contribution in [3.05, 3.63) is 0 Å². The summed E-state index contributed by atoms with van der Waals surface area (Å²) in [5.74, 6) is 0.972. The third kappa shape index (κ3) is 34.0. The molecule has 350 valence electrons. The molecule has 1 rings (SSSR count). The van der Waals surface area contributed by atoms with Crippen LogP contribution < -0.4 is 0 Å². The second kappa shape index (κ2) is 42.1. The van der Waals surface area contributed by atoms with E-state index in [0.29, 0.717) is 50.5 Å². The first kappa shape index (κ1) is 55.8. The van der Waals surface area contributed by atoms with E-state index in [1.807, 2.05) is 0 Å². The summed E-state index contributed by atoms with van der Waals surface area (Å²) in [6, 6.07) is 0.407. The number of hydrogen-bond donors (Lipinski definition) is 1. The normalized spacial score (nSPS) is 14.2. The molecule has 0 saturated carbocycles. The quantitative estimate of drug-likeness (QED) is 0.0479. The Hall–Kier alpha value is -1.22. The van der Waals surface area contributed by atoms with Gasteiger partial charge >= 0.3 is 11.9 Å². The van der Waals surface area contributed by atoms with Gasteiger partial charge in [0.1, 0.15) is 0 Å². The van der Waals surface area contributed by atoms with Crippen LogP contribution in [0.4, 0.5) is 0 Å². The summed E-state index contributed by atoms with van der Waals surface area (Å²) in [5, 5.41) is 9.69. The van der Waals surface area contributed by atoms with Gasteiger partial charge in [-0.3, -0.25) is 14.5 Å². The van der Waals surface area contributed by atoms with E-state index in [9.17, 15) is 14.7 Å². The van der Waals surface area contributed by atoms with Crippen LogP contribution in [0.15, 0.2) is 0 Å². The lowest BCUT2D eigenvalue weighted by atomic mass is 9.95. The Morgan fingerprint density at radius 3 is 1.24 bits per heavy atom. The Morgan fingerprint density at radius 1 is 0.492 bits per heavy atom. The van der Waals surface area contributed by atoms with E-state index in [1.165, 1.54) is 154 Å². The lowest BCUT2D eigenvalue weighted by Gasteiger charge is -2.38. The summed E-state index contributed by atoms with van der Waals surface area (Å²) in [5.41, 5.74) is 0. The van der Waals surface area contributed by atoms with Crippen molar-refractivity contribution in [2.75, 3.05) is 65.8 Å². The molecule has 8 nitrogen and oxygen atoms in total. The molecule has 0 aromatic rings. The first-order chi connectivity index (χ1) is 29.0. The fraction of sp³-hybridized carbons (Fsp3) is 0.961. The first-order valence-corrected chi connectivity index (χ1v) is 25.9. The average Bonchev–Trinajstić information content (AvgIpc) is 3.21. The van der Waals surface area contributed by atoms with Gasteiger partial charge in [-0.05, 0) is 76.3 Å². The number of hydrogen-bond acceptors (Lipinski definition) is 8. The zero-order valence-corrected chi connectivity index (χ0v) is 39.8. The molecule has 1 aliphatic heterocycles. The molecule has 0 aliphatic carbocycles. The molecular weight excluding hydrogens is 737 g/mol. The SMILES string of the molecule is CCCCCCCCC(CCCCCC)COC(=O)CCCCCN(CCCCCC(=O)OCC(CCCCCC)CCCCCCCC)CCN(CCO)C1COC1. The molecule has 0 bridgehead atoms. The Kier molecular flexibility index (Phi) is 39.8. The first-order valence-electron chi connectivity index (χ1n) is 25.9. The highest BCUT2D eigenvalue weighted by atomic mass is 16.5.